The minimum Gasteiger partial charge on any atom is -0.493 e. The molecule has 182 valence electrons. The molecule has 9 nitrogen and oxygen atoms in total. The van der Waals surface area contributed by atoms with Crippen molar-refractivity contribution in [3.8, 4) is 17.2 Å². The summed E-state index contributed by atoms with van der Waals surface area (Å²) in [5.74, 6) is -2.71. The van der Waals surface area contributed by atoms with E-state index in [1.165, 1.54) is 21.3 Å². The fraction of sp³-hybridized carbons (Fsp3) is 0.571. The Bertz CT molecular complexity index is 907. The molecule has 1 aromatic rings. The van der Waals surface area contributed by atoms with Gasteiger partial charge in [0.25, 0.3) is 17.5 Å². The molecule has 2 aliphatic rings. The smallest absolute Gasteiger partial charge is 0.440 e. The van der Waals surface area contributed by atoms with Crippen LogP contribution in [0, 0.1) is 5.92 Å². The minimum absolute atomic E-state index is 0.0313. The molecule has 4 amide bonds. The molecule has 0 aromatic heterocycles. The van der Waals surface area contributed by atoms with Gasteiger partial charge in [0.15, 0.2) is 11.5 Å². The van der Waals surface area contributed by atoms with E-state index in [-0.39, 0.29) is 35.3 Å². The van der Waals surface area contributed by atoms with Crippen LogP contribution in [0.5, 0.6) is 17.2 Å². The number of hydrogen-bond donors (Lipinski definition) is 2. The number of hydrogen-bond acceptors (Lipinski definition) is 6. The average molecular weight is 473 g/mol. The number of halogens is 3. The number of ether oxygens (including phenoxy) is 3. The summed E-state index contributed by atoms with van der Waals surface area (Å²) in [6.07, 6.45) is -1.08. The highest BCUT2D eigenvalue weighted by atomic mass is 19.4. The molecule has 0 unspecified atom stereocenters. The fourth-order valence-corrected chi connectivity index (χ4v) is 4.17. The summed E-state index contributed by atoms with van der Waals surface area (Å²) in [5, 5.41) is 3.37. The third-order valence-corrected chi connectivity index (χ3v) is 5.92. The first-order valence-electron chi connectivity index (χ1n) is 10.4. The second-order valence-corrected chi connectivity index (χ2v) is 7.97. The fourth-order valence-electron chi connectivity index (χ4n) is 4.17. The zero-order valence-corrected chi connectivity index (χ0v) is 18.5. The van der Waals surface area contributed by atoms with Crippen molar-refractivity contribution in [1.82, 2.24) is 15.5 Å². The van der Waals surface area contributed by atoms with Gasteiger partial charge >= 0.3 is 12.2 Å². The summed E-state index contributed by atoms with van der Waals surface area (Å²) in [4.78, 5) is 38.7. The Labute approximate surface area is 188 Å². The first-order chi connectivity index (χ1) is 15.6. The van der Waals surface area contributed by atoms with Crippen LogP contribution >= 0.6 is 0 Å². The number of urea groups is 1. The van der Waals surface area contributed by atoms with Crippen LogP contribution in [0.1, 0.15) is 42.5 Å². The van der Waals surface area contributed by atoms with Crippen molar-refractivity contribution in [3.63, 3.8) is 0 Å². The highest BCUT2D eigenvalue weighted by Crippen LogP contribution is 2.39. The van der Waals surface area contributed by atoms with Crippen LogP contribution in [0.3, 0.4) is 0 Å². The maximum Gasteiger partial charge on any atom is 0.440 e. The molecular formula is C21H26F3N3O6. The van der Waals surface area contributed by atoms with E-state index in [0.717, 1.165) is 31.4 Å². The topological polar surface area (TPSA) is 106 Å². The number of carbonyl (C=O) groups excluding carboxylic acids is 3. The Kier molecular flexibility index (Phi) is 6.94. The highest BCUT2D eigenvalue weighted by Gasteiger charge is 2.69. The summed E-state index contributed by atoms with van der Waals surface area (Å²) in [5.41, 5.74) is -3.88. The van der Waals surface area contributed by atoms with Crippen molar-refractivity contribution in [1.29, 1.82) is 0 Å². The summed E-state index contributed by atoms with van der Waals surface area (Å²) >= 11 is 0. The lowest BCUT2D eigenvalue weighted by Crippen LogP contribution is -2.69. The third kappa shape index (κ3) is 4.51. The van der Waals surface area contributed by atoms with Gasteiger partial charge in [-0.15, -0.1) is 0 Å². The van der Waals surface area contributed by atoms with E-state index in [0.29, 0.717) is 17.7 Å². The number of benzene rings is 1. The van der Waals surface area contributed by atoms with Gasteiger partial charge in [-0.25, -0.2) is 4.79 Å². The number of nitrogens with zero attached hydrogens (tertiary/aromatic N) is 1. The van der Waals surface area contributed by atoms with Gasteiger partial charge in [-0.2, -0.15) is 13.2 Å². The minimum atomic E-state index is -5.29. The van der Waals surface area contributed by atoms with E-state index in [2.05, 4.69) is 0 Å². The molecule has 0 radical (unpaired) electrons. The second-order valence-electron chi connectivity index (χ2n) is 7.97. The number of imide groups is 1. The first kappa shape index (κ1) is 24.5. The largest absolute Gasteiger partial charge is 0.493 e. The monoisotopic (exact) mass is 473 g/mol. The van der Waals surface area contributed by atoms with Gasteiger partial charge in [0.1, 0.15) is 0 Å². The molecular weight excluding hydrogens is 447 g/mol. The lowest BCUT2D eigenvalue weighted by molar-refractivity contribution is -0.200. The molecule has 1 atom stereocenters. The van der Waals surface area contributed by atoms with Gasteiger partial charge in [0.05, 0.1) is 21.3 Å². The number of nitrogens with one attached hydrogen (secondary N) is 2. The zero-order valence-electron chi connectivity index (χ0n) is 18.5. The molecule has 12 heteroatoms. The molecule has 1 aromatic carbocycles. The van der Waals surface area contributed by atoms with Gasteiger partial charge in [0, 0.05) is 12.1 Å². The quantitative estimate of drug-likeness (QED) is 0.590. The Morgan fingerprint density at radius 2 is 1.67 bits per heavy atom. The predicted octanol–water partition coefficient (Wildman–Crippen LogP) is 2.83. The number of carbonyl (C=O) groups is 3. The van der Waals surface area contributed by atoms with E-state index >= 15 is 0 Å². The molecule has 1 aliphatic heterocycles. The summed E-state index contributed by atoms with van der Waals surface area (Å²) < 4.78 is 57.8. The van der Waals surface area contributed by atoms with Crippen LogP contribution in [0.2, 0.25) is 0 Å². The maximum atomic E-state index is 14.1. The molecule has 1 heterocycles. The Balaban J connectivity index is 1.92. The van der Waals surface area contributed by atoms with Crippen molar-refractivity contribution in [2.24, 2.45) is 5.92 Å². The third-order valence-electron chi connectivity index (χ3n) is 5.92. The van der Waals surface area contributed by atoms with E-state index in [1.807, 2.05) is 0 Å². The maximum absolute atomic E-state index is 14.1. The summed E-state index contributed by atoms with van der Waals surface area (Å²) in [6, 6.07) is 1.08. The number of alkyl halides is 3. The Morgan fingerprint density at radius 3 is 2.15 bits per heavy atom. The van der Waals surface area contributed by atoms with Gasteiger partial charge < -0.3 is 19.5 Å². The number of methoxy groups -OCH3 is 3. The van der Waals surface area contributed by atoms with Crippen LogP contribution in [0.4, 0.5) is 18.0 Å². The molecule has 1 saturated carbocycles. The SMILES string of the molecule is COc1cc(C(=O)N[C@@]2(C(F)(F)F)NC(=O)N(CC3CCCCC3)C2=O)cc(OC)c1OC. The van der Waals surface area contributed by atoms with Gasteiger partial charge in [-0.1, -0.05) is 19.3 Å². The number of rotatable bonds is 7. The standard InChI is InChI=1S/C21H26F3N3O6/c1-31-14-9-13(10-15(32-2)16(14)33-3)17(28)25-20(21(22,23)24)18(29)27(19(30)26-20)11-12-7-5-4-6-8-12/h9-10,12H,4-8,11H2,1-3H3,(H,25,28)(H,26,30)/t20-/m1/s1. The van der Waals surface area contributed by atoms with Crippen molar-refractivity contribution in [2.45, 2.75) is 43.9 Å². The van der Waals surface area contributed by atoms with Crippen LogP contribution in [0.15, 0.2) is 12.1 Å². The van der Waals surface area contributed by atoms with Crippen LogP contribution in [0.25, 0.3) is 0 Å². The summed E-state index contributed by atoms with van der Waals surface area (Å²) in [7, 11) is 3.88. The summed E-state index contributed by atoms with van der Waals surface area (Å²) in [6.45, 7) is -0.136. The van der Waals surface area contributed by atoms with Crippen molar-refractivity contribution >= 4 is 17.8 Å². The van der Waals surface area contributed by atoms with E-state index < -0.39 is 29.7 Å². The first-order valence-corrected chi connectivity index (χ1v) is 10.4. The molecule has 2 fully saturated rings. The normalized spacial score (nSPS) is 21.6. The van der Waals surface area contributed by atoms with Crippen molar-refractivity contribution in [3.05, 3.63) is 17.7 Å². The Hall–Kier alpha value is -3.18. The molecule has 1 aliphatic carbocycles. The van der Waals surface area contributed by atoms with E-state index in [1.54, 1.807) is 10.6 Å². The van der Waals surface area contributed by atoms with E-state index in [9.17, 15) is 27.6 Å². The van der Waals surface area contributed by atoms with Crippen LogP contribution < -0.4 is 24.8 Å². The number of amides is 4. The van der Waals surface area contributed by atoms with Crippen LogP contribution in [-0.2, 0) is 4.79 Å². The van der Waals surface area contributed by atoms with Crippen molar-refractivity contribution < 1.29 is 41.8 Å². The Morgan fingerprint density at radius 1 is 1.09 bits per heavy atom. The highest BCUT2D eigenvalue weighted by molar-refractivity contribution is 6.10. The predicted molar refractivity (Wildman–Crippen MR) is 109 cm³/mol. The zero-order chi connectivity index (χ0) is 24.4. The second kappa shape index (κ2) is 9.36. The molecule has 33 heavy (non-hydrogen) atoms. The van der Waals surface area contributed by atoms with Gasteiger partial charge in [0.2, 0.25) is 5.75 Å². The van der Waals surface area contributed by atoms with E-state index in [4.69, 9.17) is 14.2 Å². The van der Waals surface area contributed by atoms with Crippen LogP contribution in [-0.4, -0.2) is 62.5 Å². The molecule has 0 spiro atoms. The average Bonchev–Trinajstić information content (AvgIpc) is 3.03. The van der Waals surface area contributed by atoms with Crippen molar-refractivity contribution in [2.75, 3.05) is 27.9 Å². The molecule has 1 saturated heterocycles. The molecule has 2 N–H and O–H groups in total. The molecule has 0 bridgehead atoms. The lowest BCUT2D eigenvalue weighted by Gasteiger charge is -2.30. The molecule has 3 rings (SSSR count). The lowest BCUT2D eigenvalue weighted by atomic mass is 9.89. The van der Waals surface area contributed by atoms with Gasteiger partial charge in [-0.05, 0) is 30.9 Å². The van der Waals surface area contributed by atoms with Gasteiger partial charge in [-0.3, -0.25) is 19.8 Å².